The molecule has 0 aliphatic carbocycles. The number of anilines is 1. The number of aryl methyl sites for hydroxylation is 1. The standard InChI is InChI=1S/C12H9BrN4O/c1-17-5-4-11(16-17)12(18)15-9-3-2-8(7-14)10(13)6-9/h2-6H,1H3,(H,15,18). The lowest BCUT2D eigenvalue weighted by atomic mass is 10.2. The number of carbonyl (C=O) groups is 1. The van der Waals surface area contributed by atoms with E-state index in [9.17, 15) is 4.79 Å². The van der Waals surface area contributed by atoms with E-state index in [1.165, 1.54) is 0 Å². The number of hydrogen-bond acceptors (Lipinski definition) is 3. The van der Waals surface area contributed by atoms with Crippen molar-refractivity contribution in [1.29, 1.82) is 5.26 Å². The number of benzene rings is 1. The fourth-order valence-electron chi connectivity index (χ4n) is 1.41. The van der Waals surface area contributed by atoms with Crippen molar-refractivity contribution < 1.29 is 4.79 Å². The molecule has 6 heteroatoms. The van der Waals surface area contributed by atoms with Crippen LogP contribution in [0.3, 0.4) is 0 Å². The second kappa shape index (κ2) is 5.02. The Morgan fingerprint density at radius 3 is 2.83 bits per heavy atom. The van der Waals surface area contributed by atoms with Gasteiger partial charge in [0, 0.05) is 23.4 Å². The van der Waals surface area contributed by atoms with Gasteiger partial charge in [0.2, 0.25) is 0 Å². The summed E-state index contributed by atoms with van der Waals surface area (Å²) in [5.74, 6) is -0.285. The van der Waals surface area contributed by atoms with Crippen molar-refractivity contribution in [2.45, 2.75) is 0 Å². The molecule has 5 nitrogen and oxygen atoms in total. The Balaban J connectivity index is 2.17. The minimum atomic E-state index is -0.285. The molecule has 0 aliphatic rings. The molecule has 18 heavy (non-hydrogen) atoms. The fraction of sp³-hybridized carbons (Fsp3) is 0.0833. The zero-order valence-electron chi connectivity index (χ0n) is 9.51. The first-order chi connectivity index (χ1) is 8.60. The van der Waals surface area contributed by atoms with Crippen molar-refractivity contribution in [3.8, 4) is 6.07 Å². The van der Waals surface area contributed by atoms with Gasteiger partial charge in [-0.1, -0.05) is 0 Å². The normalized spacial score (nSPS) is 9.83. The molecule has 1 aromatic heterocycles. The van der Waals surface area contributed by atoms with Crippen molar-refractivity contribution in [1.82, 2.24) is 9.78 Å². The highest BCUT2D eigenvalue weighted by atomic mass is 79.9. The average Bonchev–Trinajstić information content (AvgIpc) is 2.76. The third-order valence-corrected chi connectivity index (χ3v) is 2.95. The van der Waals surface area contributed by atoms with Crippen LogP contribution < -0.4 is 5.32 Å². The van der Waals surface area contributed by atoms with Gasteiger partial charge in [-0.15, -0.1) is 0 Å². The van der Waals surface area contributed by atoms with Crippen molar-refractivity contribution in [2.24, 2.45) is 7.05 Å². The maximum Gasteiger partial charge on any atom is 0.276 e. The highest BCUT2D eigenvalue weighted by Crippen LogP contribution is 2.21. The molecule has 1 N–H and O–H groups in total. The highest BCUT2D eigenvalue weighted by Gasteiger charge is 2.09. The van der Waals surface area contributed by atoms with Crippen LogP contribution in [0.2, 0.25) is 0 Å². The van der Waals surface area contributed by atoms with Crippen LogP contribution in [0.1, 0.15) is 16.1 Å². The Kier molecular flexibility index (Phi) is 3.44. The molecule has 1 amide bonds. The Labute approximate surface area is 112 Å². The van der Waals surface area contributed by atoms with E-state index in [0.29, 0.717) is 21.4 Å². The maximum atomic E-state index is 11.8. The summed E-state index contributed by atoms with van der Waals surface area (Å²) < 4.78 is 2.20. The van der Waals surface area contributed by atoms with Gasteiger partial charge in [-0.05, 0) is 40.2 Å². The van der Waals surface area contributed by atoms with Gasteiger partial charge in [0.1, 0.15) is 6.07 Å². The third kappa shape index (κ3) is 2.57. The molecule has 1 aromatic carbocycles. The summed E-state index contributed by atoms with van der Waals surface area (Å²) in [5.41, 5.74) is 1.47. The van der Waals surface area contributed by atoms with E-state index in [1.807, 2.05) is 6.07 Å². The molecule has 0 saturated carbocycles. The molecule has 0 saturated heterocycles. The Morgan fingerprint density at radius 2 is 2.28 bits per heavy atom. The van der Waals surface area contributed by atoms with Crippen LogP contribution in [0, 0.1) is 11.3 Å². The second-order valence-corrected chi connectivity index (χ2v) is 4.49. The van der Waals surface area contributed by atoms with Crippen molar-refractivity contribution in [2.75, 3.05) is 5.32 Å². The van der Waals surface area contributed by atoms with Crippen LogP contribution in [0.4, 0.5) is 5.69 Å². The molecule has 0 unspecified atom stereocenters. The molecule has 0 atom stereocenters. The number of amides is 1. The van der Waals surface area contributed by atoms with E-state index in [2.05, 4.69) is 26.3 Å². The molecular formula is C12H9BrN4O. The molecule has 2 aromatic rings. The number of aromatic nitrogens is 2. The molecule has 1 heterocycles. The summed E-state index contributed by atoms with van der Waals surface area (Å²) in [6, 6.07) is 8.66. The first-order valence-corrected chi connectivity index (χ1v) is 5.90. The topological polar surface area (TPSA) is 70.7 Å². The van der Waals surface area contributed by atoms with E-state index in [-0.39, 0.29) is 5.91 Å². The number of nitrogens with zero attached hydrogens (tertiary/aromatic N) is 3. The predicted octanol–water partition coefficient (Wildman–Crippen LogP) is 2.31. The number of halogens is 1. The quantitative estimate of drug-likeness (QED) is 0.925. The van der Waals surface area contributed by atoms with Gasteiger partial charge in [0.25, 0.3) is 5.91 Å². The summed E-state index contributed by atoms with van der Waals surface area (Å²) in [6.07, 6.45) is 1.70. The summed E-state index contributed by atoms with van der Waals surface area (Å²) in [7, 11) is 1.75. The van der Waals surface area contributed by atoms with Gasteiger partial charge >= 0.3 is 0 Å². The fourth-order valence-corrected chi connectivity index (χ4v) is 1.88. The largest absolute Gasteiger partial charge is 0.321 e. The Hall–Kier alpha value is -2.13. The second-order valence-electron chi connectivity index (χ2n) is 3.64. The first-order valence-electron chi connectivity index (χ1n) is 5.11. The molecule has 0 radical (unpaired) electrons. The number of rotatable bonds is 2. The minimum Gasteiger partial charge on any atom is -0.321 e. The summed E-state index contributed by atoms with van der Waals surface area (Å²) in [6.45, 7) is 0. The van der Waals surface area contributed by atoms with Crippen molar-refractivity contribution >= 4 is 27.5 Å². The van der Waals surface area contributed by atoms with E-state index in [0.717, 1.165) is 0 Å². The average molecular weight is 305 g/mol. The van der Waals surface area contributed by atoms with Crippen molar-refractivity contribution in [3.05, 3.63) is 46.2 Å². The van der Waals surface area contributed by atoms with Crippen LogP contribution in [0.5, 0.6) is 0 Å². The van der Waals surface area contributed by atoms with E-state index in [4.69, 9.17) is 5.26 Å². The zero-order valence-corrected chi connectivity index (χ0v) is 11.1. The van der Waals surface area contributed by atoms with Crippen LogP contribution in [-0.2, 0) is 7.05 Å². The van der Waals surface area contributed by atoms with Crippen molar-refractivity contribution in [3.63, 3.8) is 0 Å². The maximum absolute atomic E-state index is 11.8. The summed E-state index contributed by atoms with van der Waals surface area (Å²) >= 11 is 3.26. The lowest BCUT2D eigenvalue weighted by Gasteiger charge is -2.04. The molecule has 90 valence electrons. The summed E-state index contributed by atoms with van der Waals surface area (Å²) in [5, 5.41) is 15.5. The first kappa shape index (κ1) is 12.3. The van der Waals surface area contributed by atoms with E-state index < -0.39 is 0 Å². The SMILES string of the molecule is Cn1ccc(C(=O)Nc2ccc(C#N)c(Br)c2)n1. The van der Waals surface area contributed by atoms with Crippen LogP contribution in [0.15, 0.2) is 34.9 Å². The molecule has 0 aliphatic heterocycles. The molecular weight excluding hydrogens is 296 g/mol. The van der Waals surface area contributed by atoms with Crippen LogP contribution in [0.25, 0.3) is 0 Å². The monoisotopic (exact) mass is 304 g/mol. The van der Waals surface area contributed by atoms with Gasteiger partial charge in [-0.2, -0.15) is 10.4 Å². The number of nitrogens with one attached hydrogen (secondary N) is 1. The zero-order chi connectivity index (χ0) is 13.1. The lowest BCUT2D eigenvalue weighted by molar-refractivity contribution is 0.102. The Bertz CT molecular complexity index is 642. The highest BCUT2D eigenvalue weighted by molar-refractivity contribution is 9.10. The van der Waals surface area contributed by atoms with E-state index >= 15 is 0 Å². The van der Waals surface area contributed by atoms with Crippen LogP contribution >= 0.6 is 15.9 Å². The minimum absolute atomic E-state index is 0.285. The Morgan fingerprint density at radius 1 is 1.50 bits per heavy atom. The van der Waals surface area contributed by atoms with Gasteiger partial charge in [-0.3, -0.25) is 9.48 Å². The van der Waals surface area contributed by atoms with Crippen LogP contribution in [-0.4, -0.2) is 15.7 Å². The van der Waals surface area contributed by atoms with E-state index in [1.54, 1.807) is 42.2 Å². The molecule has 0 spiro atoms. The van der Waals surface area contributed by atoms with Gasteiger partial charge < -0.3 is 5.32 Å². The summed E-state index contributed by atoms with van der Waals surface area (Å²) in [4.78, 5) is 11.8. The number of hydrogen-bond donors (Lipinski definition) is 1. The molecule has 2 rings (SSSR count). The third-order valence-electron chi connectivity index (χ3n) is 2.29. The molecule has 0 fully saturated rings. The smallest absolute Gasteiger partial charge is 0.276 e. The number of carbonyl (C=O) groups excluding carboxylic acids is 1. The van der Waals surface area contributed by atoms with Gasteiger partial charge in [0.15, 0.2) is 5.69 Å². The number of nitriles is 1. The lowest BCUT2D eigenvalue weighted by Crippen LogP contribution is -2.13. The molecule has 0 bridgehead atoms. The predicted molar refractivity (Wildman–Crippen MR) is 70.0 cm³/mol. The van der Waals surface area contributed by atoms with Gasteiger partial charge in [-0.25, -0.2) is 0 Å². The van der Waals surface area contributed by atoms with Gasteiger partial charge in [0.05, 0.1) is 5.56 Å².